The molecular formula is C6H6O4. The maximum atomic E-state index is 10.1. The van der Waals surface area contributed by atoms with Crippen LogP contribution in [0.5, 0.6) is 0 Å². The Hall–Kier alpha value is -1.45. The fourth-order valence-electron chi connectivity index (χ4n) is 0.551. The fourth-order valence-corrected chi connectivity index (χ4v) is 0.551. The molecule has 1 N–H and O–H groups in total. The first-order valence-corrected chi connectivity index (χ1v) is 2.68. The normalized spacial score (nSPS) is 15.0. The second-order valence-corrected chi connectivity index (χ2v) is 1.76. The molecular weight excluding hydrogens is 136 g/mol. The Morgan fingerprint density at radius 2 is 2.40 bits per heavy atom. The van der Waals surface area contributed by atoms with Crippen LogP contribution in [0.15, 0.2) is 24.2 Å². The van der Waals surface area contributed by atoms with E-state index in [1.807, 2.05) is 0 Å². The Kier molecular flexibility index (Phi) is 1.94. The smallest absolute Gasteiger partial charge is 0.307 e. The van der Waals surface area contributed by atoms with E-state index >= 15 is 0 Å². The highest BCUT2D eigenvalue weighted by molar-refractivity contribution is 5.70. The zero-order valence-corrected chi connectivity index (χ0v) is 5.11. The first-order valence-electron chi connectivity index (χ1n) is 2.68. The zero-order valence-electron chi connectivity index (χ0n) is 5.11. The molecule has 4 heteroatoms. The van der Waals surface area contributed by atoms with Crippen molar-refractivity contribution in [1.29, 1.82) is 0 Å². The average Bonchev–Trinajstić information content (AvgIpc) is 1.88. The second kappa shape index (κ2) is 2.91. The highest BCUT2D eigenvalue weighted by atomic mass is 17.2. The first kappa shape index (κ1) is 6.67. The quantitative estimate of drug-likeness (QED) is 0.580. The summed E-state index contributed by atoms with van der Waals surface area (Å²) in [5.41, 5.74) is 0.582. The van der Waals surface area contributed by atoms with E-state index in [9.17, 15) is 4.79 Å². The molecule has 0 saturated heterocycles. The number of hydrogen-bond acceptors (Lipinski definition) is 3. The summed E-state index contributed by atoms with van der Waals surface area (Å²) in [7, 11) is 0. The number of carboxylic acids is 1. The van der Waals surface area contributed by atoms with Gasteiger partial charge in [0, 0.05) is 5.57 Å². The highest BCUT2D eigenvalue weighted by Gasteiger charge is 2.03. The van der Waals surface area contributed by atoms with Gasteiger partial charge in [-0.2, -0.15) is 0 Å². The lowest BCUT2D eigenvalue weighted by Gasteiger charge is -2.03. The molecule has 1 aliphatic rings. The SMILES string of the molecule is O=C(O)CC1=COOC=C1. The largest absolute Gasteiger partial charge is 0.481 e. The van der Waals surface area contributed by atoms with Crippen molar-refractivity contribution in [2.75, 3.05) is 0 Å². The molecule has 0 radical (unpaired) electrons. The van der Waals surface area contributed by atoms with Crippen molar-refractivity contribution in [2.24, 2.45) is 0 Å². The van der Waals surface area contributed by atoms with Gasteiger partial charge < -0.3 is 5.11 Å². The van der Waals surface area contributed by atoms with Crippen LogP contribution in [-0.4, -0.2) is 11.1 Å². The van der Waals surface area contributed by atoms with Crippen LogP contribution in [-0.2, 0) is 14.6 Å². The third kappa shape index (κ3) is 1.81. The lowest BCUT2D eigenvalue weighted by molar-refractivity contribution is -0.199. The summed E-state index contributed by atoms with van der Waals surface area (Å²) in [6.45, 7) is 0. The van der Waals surface area contributed by atoms with Gasteiger partial charge in [-0.05, 0) is 6.08 Å². The van der Waals surface area contributed by atoms with Crippen LogP contribution in [0.2, 0.25) is 0 Å². The number of carboxylic acid groups (broad SMARTS) is 1. The van der Waals surface area contributed by atoms with Crippen molar-refractivity contribution < 1.29 is 19.7 Å². The van der Waals surface area contributed by atoms with Gasteiger partial charge in [-0.15, -0.1) is 0 Å². The van der Waals surface area contributed by atoms with Crippen LogP contribution < -0.4 is 0 Å². The Morgan fingerprint density at radius 1 is 1.60 bits per heavy atom. The van der Waals surface area contributed by atoms with E-state index in [0.717, 1.165) is 0 Å². The Balaban J connectivity index is 2.48. The van der Waals surface area contributed by atoms with Crippen molar-refractivity contribution in [2.45, 2.75) is 6.42 Å². The summed E-state index contributed by atoms with van der Waals surface area (Å²) in [5.74, 6) is -0.888. The van der Waals surface area contributed by atoms with Crippen molar-refractivity contribution >= 4 is 5.97 Å². The van der Waals surface area contributed by atoms with Gasteiger partial charge in [0.15, 0.2) is 0 Å². The molecule has 54 valence electrons. The minimum Gasteiger partial charge on any atom is -0.481 e. The van der Waals surface area contributed by atoms with Gasteiger partial charge in [-0.3, -0.25) is 14.6 Å². The van der Waals surface area contributed by atoms with Gasteiger partial charge in [-0.25, -0.2) is 0 Å². The molecule has 1 heterocycles. The lowest BCUT2D eigenvalue weighted by atomic mass is 10.2. The maximum Gasteiger partial charge on any atom is 0.307 e. The summed E-state index contributed by atoms with van der Waals surface area (Å²) >= 11 is 0. The van der Waals surface area contributed by atoms with Gasteiger partial charge >= 0.3 is 5.97 Å². The number of hydrogen-bond donors (Lipinski definition) is 1. The molecule has 0 amide bonds. The zero-order chi connectivity index (χ0) is 7.40. The van der Waals surface area contributed by atoms with E-state index in [0.29, 0.717) is 5.57 Å². The topological polar surface area (TPSA) is 55.8 Å². The maximum absolute atomic E-state index is 10.1. The number of rotatable bonds is 2. The third-order valence-corrected chi connectivity index (χ3v) is 0.948. The predicted molar refractivity (Wildman–Crippen MR) is 31.6 cm³/mol. The molecule has 0 aromatic carbocycles. The van der Waals surface area contributed by atoms with Crippen LogP contribution >= 0.6 is 0 Å². The molecule has 0 unspecified atom stereocenters. The monoisotopic (exact) mass is 142 g/mol. The molecule has 0 spiro atoms. The molecule has 0 bridgehead atoms. The van der Waals surface area contributed by atoms with Crippen molar-refractivity contribution in [3.05, 3.63) is 24.2 Å². The Labute approximate surface area is 57.3 Å². The molecule has 4 nitrogen and oxygen atoms in total. The van der Waals surface area contributed by atoms with Crippen molar-refractivity contribution in [3.63, 3.8) is 0 Å². The molecule has 1 aliphatic heterocycles. The van der Waals surface area contributed by atoms with Crippen LogP contribution in [0.1, 0.15) is 6.42 Å². The lowest BCUT2D eigenvalue weighted by Crippen LogP contribution is -1.98. The van der Waals surface area contributed by atoms with Gasteiger partial charge in [0.25, 0.3) is 0 Å². The Bertz CT molecular complexity index is 192. The molecule has 10 heavy (non-hydrogen) atoms. The van der Waals surface area contributed by atoms with Gasteiger partial charge in [-0.1, -0.05) is 0 Å². The van der Waals surface area contributed by atoms with Gasteiger partial charge in [0.1, 0.15) is 12.5 Å². The van der Waals surface area contributed by atoms with E-state index in [1.54, 1.807) is 0 Å². The standard InChI is InChI=1S/C6H6O4/c7-6(8)3-5-1-2-9-10-4-5/h1-2,4H,3H2,(H,7,8). The first-order chi connectivity index (χ1) is 4.79. The summed E-state index contributed by atoms with van der Waals surface area (Å²) < 4.78 is 0. The number of carbonyl (C=O) groups is 1. The van der Waals surface area contributed by atoms with Crippen LogP contribution in [0, 0.1) is 0 Å². The number of aliphatic carboxylic acids is 1. The molecule has 1 rings (SSSR count). The predicted octanol–water partition coefficient (Wildman–Crippen LogP) is 0.821. The van der Waals surface area contributed by atoms with E-state index < -0.39 is 5.97 Å². The molecule has 0 aromatic heterocycles. The van der Waals surface area contributed by atoms with E-state index in [4.69, 9.17) is 5.11 Å². The summed E-state index contributed by atoms with van der Waals surface area (Å²) in [6.07, 6.45) is 4.05. The fraction of sp³-hybridized carbons (Fsp3) is 0.167. The highest BCUT2D eigenvalue weighted by Crippen LogP contribution is 2.08. The molecule has 0 aromatic rings. The van der Waals surface area contributed by atoms with Gasteiger partial charge in [0.05, 0.1) is 6.42 Å². The summed E-state index contributed by atoms with van der Waals surface area (Å²) in [4.78, 5) is 18.8. The third-order valence-electron chi connectivity index (χ3n) is 0.948. The van der Waals surface area contributed by atoms with E-state index in [1.165, 1.54) is 18.6 Å². The number of allylic oxidation sites excluding steroid dienone is 1. The summed E-state index contributed by atoms with van der Waals surface area (Å²) in [5, 5.41) is 8.29. The minimum absolute atomic E-state index is 0.0418. The summed E-state index contributed by atoms with van der Waals surface area (Å²) in [6, 6.07) is 0. The molecule has 0 fully saturated rings. The minimum atomic E-state index is -0.888. The molecule has 0 saturated carbocycles. The molecule has 0 aliphatic carbocycles. The van der Waals surface area contributed by atoms with Gasteiger partial charge in [0.2, 0.25) is 0 Å². The van der Waals surface area contributed by atoms with E-state index in [-0.39, 0.29) is 6.42 Å². The van der Waals surface area contributed by atoms with Crippen LogP contribution in [0.4, 0.5) is 0 Å². The molecule has 0 atom stereocenters. The average molecular weight is 142 g/mol. The Morgan fingerprint density at radius 3 is 2.90 bits per heavy atom. The van der Waals surface area contributed by atoms with Crippen LogP contribution in [0.3, 0.4) is 0 Å². The van der Waals surface area contributed by atoms with E-state index in [2.05, 4.69) is 9.78 Å². The van der Waals surface area contributed by atoms with Crippen molar-refractivity contribution in [1.82, 2.24) is 0 Å². The second-order valence-electron chi connectivity index (χ2n) is 1.76. The van der Waals surface area contributed by atoms with Crippen LogP contribution in [0.25, 0.3) is 0 Å². The van der Waals surface area contributed by atoms with Crippen molar-refractivity contribution in [3.8, 4) is 0 Å².